The Kier molecular flexibility index (Phi) is 4.36. The Hall–Kier alpha value is -1.12. The zero-order valence-corrected chi connectivity index (χ0v) is 11.8. The van der Waals surface area contributed by atoms with Gasteiger partial charge in [-0.3, -0.25) is 4.72 Å². The van der Waals surface area contributed by atoms with Crippen molar-refractivity contribution in [3.63, 3.8) is 0 Å². The predicted molar refractivity (Wildman–Crippen MR) is 71.3 cm³/mol. The minimum Gasteiger partial charge on any atom is -0.324 e. The summed E-state index contributed by atoms with van der Waals surface area (Å²) in [7, 11) is -7.56. The lowest BCUT2D eigenvalue weighted by Crippen LogP contribution is -2.23. The molecule has 6 nitrogen and oxygen atoms in total. The summed E-state index contributed by atoms with van der Waals surface area (Å²) in [6.07, 6.45) is 0.865. The third-order valence-corrected chi connectivity index (χ3v) is 5.57. The van der Waals surface area contributed by atoms with Crippen LogP contribution in [0.3, 0.4) is 0 Å². The van der Waals surface area contributed by atoms with Gasteiger partial charge in [0.15, 0.2) is 14.9 Å². The van der Waals surface area contributed by atoms with Gasteiger partial charge in [0.1, 0.15) is 0 Å². The van der Waals surface area contributed by atoms with Gasteiger partial charge in [-0.15, -0.1) is 0 Å². The van der Waals surface area contributed by atoms with Gasteiger partial charge in [-0.2, -0.15) is 0 Å². The van der Waals surface area contributed by atoms with Crippen molar-refractivity contribution in [2.45, 2.75) is 13.0 Å². The van der Waals surface area contributed by atoms with E-state index in [9.17, 15) is 16.8 Å². The number of hydrogen-bond donors (Lipinski definition) is 2. The van der Waals surface area contributed by atoms with Crippen LogP contribution in [-0.2, 0) is 19.9 Å². The van der Waals surface area contributed by atoms with Gasteiger partial charge in [-0.1, -0.05) is 18.2 Å². The van der Waals surface area contributed by atoms with Gasteiger partial charge in [0.2, 0.25) is 10.0 Å². The first-order chi connectivity index (χ1) is 8.11. The minimum absolute atomic E-state index is 0.302. The van der Waals surface area contributed by atoms with E-state index in [0.29, 0.717) is 11.3 Å². The Bertz CT molecular complexity index is 621. The van der Waals surface area contributed by atoms with Gasteiger partial charge in [-0.25, -0.2) is 16.8 Å². The quantitative estimate of drug-likeness (QED) is 0.819. The Morgan fingerprint density at radius 1 is 1.22 bits per heavy atom. The maximum Gasteiger partial charge on any atom is 0.247 e. The summed E-state index contributed by atoms with van der Waals surface area (Å²) >= 11 is 0. The summed E-state index contributed by atoms with van der Waals surface area (Å²) in [5.41, 5.74) is 6.62. The fraction of sp³-hybridized carbons (Fsp3) is 0.400. The van der Waals surface area contributed by atoms with Crippen molar-refractivity contribution >= 4 is 25.5 Å². The summed E-state index contributed by atoms with van der Waals surface area (Å²) < 4.78 is 47.6. The standard InChI is InChI=1S/C10H16N2O4S2/c1-8(11)9-5-3-4-6-10(9)12-18(15,16)7-17(2,13)14/h3-6,8,12H,7,11H2,1-2H3. The van der Waals surface area contributed by atoms with Gasteiger partial charge >= 0.3 is 0 Å². The number of nitrogens with two attached hydrogens (primary N) is 1. The number of sulfonamides is 1. The molecule has 8 heteroatoms. The molecule has 0 fully saturated rings. The van der Waals surface area contributed by atoms with E-state index < -0.39 is 24.9 Å². The van der Waals surface area contributed by atoms with Crippen LogP contribution >= 0.6 is 0 Å². The van der Waals surface area contributed by atoms with E-state index >= 15 is 0 Å². The van der Waals surface area contributed by atoms with Crippen LogP contribution in [0.1, 0.15) is 18.5 Å². The Morgan fingerprint density at radius 3 is 2.28 bits per heavy atom. The molecule has 1 unspecified atom stereocenters. The van der Waals surface area contributed by atoms with Crippen molar-refractivity contribution in [2.75, 3.05) is 16.1 Å². The first-order valence-corrected chi connectivity index (χ1v) is 8.85. The lowest BCUT2D eigenvalue weighted by molar-refractivity contribution is 0.595. The summed E-state index contributed by atoms with van der Waals surface area (Å²) in [6, 6.07) is 6.24. The third-order valence-electron chi connectivity index (χ3n) is 2.09. The van der Waals surface area contributed by atoms with E-state index in [4.69, 9.17) is 5.73 Å². The van der Waals surface area contributed by atoms with Crippen LogP contribution in [0.15, 0.2) is 24.3 Å². The highest BCUT2D eigenvalue weighted by atomic mass is 32.3. The van der Waals surface area contributed by atoms with Crippen LogP contribution in [0.25, 0.3) is 0 Å². The predicted octanol–water partition coefficient (Wildman–Crippen LogP) is 0.450. The molecule has 0 heterocycles. The lowest BCUT2D eigenvalue weighted by Gasteiger charge is -2.14. The first-order valence-electron chi connectivity index (χ1n) is 5.13. The molecular weight excluding hydrogens is 276 g/mol. The molecule has 102 valence electrons. The van der Waals surface area contributed by atoms with E-state index in [0.717, 1.165) is 6.26 Å². The average Bonchev–Trinajstić information content (AvgIpc) is 2.13. The average molecular weight is 292 g/mol. The number of sulfone groups is 1. The number of rotatable bonds is 5. The largest absolute Gasteiger partial charge is 0.324 e. The highest BCUT2D eigenvalue weighted by Gasteiger charge is 2.19. The summed E-state index contributed by atoms with van der Waals surface area (Å²) in [6.45, 7) is 1.71. The second kappa shape index (κ2) is 5.25. The molecule has 1 atom stereocenters. The molecular formula is C10H16N2O4S2. The number of para-hydroxylation sites is 1. The monoisotopic (exact) mass is 292 g/mol. The molecule has 0 aliphatic rings. The first kappa shape index (κ1) is 14.9. The van der Waals surface area contributed by atoms with E-state index in [1.807, 2.05) is 0 Å². The highest BCUT2D eigenvalue weighted by molar-refractivity contribution is 8.08. The normalized spacial score (nSPS) is 14.2. The molecule has 0 saturated heterocycles. The summed E-state index contributed by atoms with van der Waals surface area (Å²) in [4.78, 5) is 0. The maximum absolute atomic E-state index is 11.7. The molecule has 3 N–H and O–H groups in total. The van der Waals surface area contributed by atoms with Crippen molar-refractivity contribution in [1.29, 1.82) is 0 Å². The van der Waals surface area contributed by atoms with E-state index in [1.165, 1.54) is 0 Å². The topological polar surface area (TPSA) is 106 Å². The van der Waals surface area contributed by atoms with Crippen molar-refractivity contribution in [3.05, 3.63) is 29.8 Å². The van der Waals surface area contributed by atoms with Gasteiger partial charge in [0.05, 0.1) is 5.69 Å². The molecule has 18 heavy (non-hydrogen) atoms. The van der Waals surface area contributed by atoms with Crippen molar-refractivity contribution < 1.29 is 16.8 Å². The number of hydrogen-bond acceptors (Lipinski definition) is 5. The molecule has 0 saturated carbocycles. The summed E-state index contributed by atoms with van der Waals surface area (Å²) in [5, 5.41) is -0.951. The SMILES string of the molecule is CC(N)c1ccccc1NS(=O)(=O)CS(C)(=O)=O. The smallest absolute Gasteiger partial charge is 0.247 e. The van der Waals surface area contributed by atoms with Crippen LogP contribution in [-0.4, -0.2) is 28.2 Å². The van der Waals surface area contributed by atoms with Crippen LogP contribution in [0.5, 0.6) is 0 Å². The lowest BCUT2D eigenvalue weighted by atomic mass is 10.1. The van der Waals surface area contributed by atoms with E-state index in [1.54, 1.807) is 31.2 Å². The van der Waals surface area contributed by atoms with Crippen LogP contribution in [0, 0.1) is 0 Å². The third kappa shape index (κ3) is 4.63. The molecule has 0 aromatic heterocycles. The zero-order valence-electron chi connectivity index (χ0n) is 10.1. The minimum atomic E-state index is -3.94. The van der Waals surface area contributed by atoms with Crippen LogP contribution in [0.2, 0.25) is 0 Å². The van der Waals surface area contributed by atoms with Crippen LogP contribution in [0.4, 0.5) is 5.69 Å². The Balaban J connectivity index is 3.05. The van der Waals surface area contributed by atoms with Crippen molar-refractivity contribution in [2.24, 2.45) is 5.73 Å². The summed E-state index contributed by atoms with van der Waals surface area (Å²) in [5.74, 6) is 0. The van der Waals surface area contributed by atoms with E-state index in [2.05, 4.69) is 4.72 Å². The fourth-order valence-electron chi connectivity index (χ4n) is 1.47. The fourth-order valence-corrected chi connectivity index (χ4v) is 4.48. The molecule has 0 aliphatic carbocycles. The van der Waals surface area contributed by atoms with Crippen molar-refractivity contribution in [1.82, 2.24) is 0 Å². The molecule has 0 radical (unpaired) electrons. The molecule has 0 aliphatic heterocycles. The maximum atomic E-state index is 11.7. The van der Waals surface area contributed by atoms with Gasteiger partial charge in [0, 0.05) is 12.3 Å². The molecule has 1 aromatic carbocycles. The van der Waals surface area contributed by atoms with E-state index in [-0.39, 0.29) is 6.04 Å². The second-order valence-electron chi connectivity index (χ2n) is 4.14. The zero-order chi connectivity index (χ0) is 14.0. The molecule has 0 bridgehead atoms. The number of anilines is 1. The molecule has 1 rings (SSSR count). The molecule has 0 spiro atoms. The highest BCUT2D eigenvalue weighted by Crippen LogP contribution is 2.22. The van der Waals surface area contributed by atoms with Gasteiger partial charge < -0.3 is 5.73 Å². The van der Waals surface area contributed by atoms with Gasteiger partial charge in [0.25, 0.3) is 0 Å². The molecule has 0 amide bonds. The Morgan fingerprint density at radius 2 is 1.78 bits per heavy atom. The Labute approximate surface area is 107 Å². The number of benzene rings is 1. The van der Waals surface area contributed by atoms with Crippen molar-refractivity contribution in [3.8, 4) is 0 Å². The van der Waals surface area contributed by atoms with Crippen LogP contribution < -0.4 is 10.5 Å². The molecule has 1 aromatic rings. The number of nitrogens with one attached hydrogen (secondary N) is 1. The second-order valence-corrected chi connectivity index (χ2v) is 8.36. The van der Waals surface area contributed by atoms with Gasteiger partial charge in [-0.05, 0) is 18.6 Å².